The van der Waals surface area contributed by atoms with Crippen molar-refractivity contribution in [3.63, 3.8) is 0 Å². The predicted octanol–water partition coefficient (Wildman–Crippen LogP) is 5.99. The standard InChI is InChI=1S/C11H14.C5H12O.C2H6.ClH/c1-3-4-5-11-8-6-10(2)7-9-11;1-3-5-6-4-2;1-2;/h3,6-9H,1,4-5H2,2H3;3-5H2,1-2H3;1-2H3;1H. The van der Waals surface area contributed by atoms with Gasteiger partial charge in [0.05, 0.1) is 0 Å². The van der Waals surface area contributed by atoms with Crippen molar-refractivity contribution in [2.75, 3.05) is 13.2 Å². The van der Waals surface area contributed by atoms with E-state index in [4.69, 9.17) is 4.74 Å². The average molecular weight is 301 g/mol. The van der Waals surface area contributed by atoms with E-state index in [0.717, 1.165) is 32.5 Å². The van der Waals surface area contributed by atoms with Gasteiger partial charge in [0.25, 0.3) is 0 Å². The number of rotatable bonds is 6. The van der Waals surface area contributed by atoms with Crippen molar-refractivity contribution in [1.82, 2.24) is 0 Å². The molecule has 1 rings (SSSR count). The van der Waals surface area contributed by atoms with E-state index in [0.29, 0.717) is 0 Å². The van der Waals surface area contributed by atoms with Crippen LogP contribution in [0.4, 0.5) is 0 Å². The molecule has 0 fully saturated rings. The molecule has 1 aromatic rings. The molecule has 0 saturated carbocycles. The molecular formula is C18H33ClO. The van der Waals surface area contributed by atoms with Gasteiger partial charge in [0.15, 0.2) is 0 Å². The van der Waals surface area contributed by atoms with E-state index in [1.165, 1.54) is 11.1 Å². The van der Waals surface area contributed by atoms with Crippen LogP contribution in [0.5, 0.6) is 0 Å². The number of benzene rings is 1. The van der Waals surface area contributed by atoms with Crippen LogP contribution in [0.25, 0.3) is 0 Å². The maximum absolute atomic E-state index is 4.98. The van der Waals surface area contributed by atoms with Crippen LogP contribution < -0.4 is 0 Å². The lowest BCUT2D eigenvalue weighted by atomic mass is 10.1. The van der Waals surface area contributed by atoms with E-state index in [9.17, 15) is 0 Å². The van der Waals surface area contributed by atoms with E-state index < -0.39 is 0 Å². The second kappa shape index (κ2) is 20.5. The zero-order chi connectivity index (χ0) is 14.9. The van der Waals surface area contributed by atoms with Gasteiger partial charge in [-0.3, -0.25) is 0 Å². The zero-order valence-corrected chi connectivity index (χ0v) is 14.8. The minimum atomic E-state index is 0. The van der Waals surface area contributed by atoms with Crippen LogP contribution in [0.3, 0.4) is 0 Å². The van der Waals surface area contributed by atoms with Gasteiger partial charge in [0, 0.05) is 13.2 Å². The summed E-state index contributed by atoms with van der Waals surface area (Å²) < 4.78 is 4.98. The largest absolute Gasteiger partial charge is 0.382 e. The third kappa shape index (κ3) is 17.2. The van der Waals surface area contributed by atoms with Crippen LogP contribution in [0.15, 0.2) is 36.9 Å². The molecule has 0 radical (unpaired) electrons. The molecule has 2 heteroatoms. The quantitative estimate of drug-likeness (QED) is 0.463. The normalized spacial score (nSPS) is 8.25. The molecule has 0 aromatic heterocycles. The van der Waals surface area contributed by atoms with Crippen molar-refractivity contribution in [2.24, 2.45) is 0 Å². The fourth-order valence-electron chi connectivity index (χ4n) is 1.31. The summed E-state index contributed by atoms with van der Waals surface area (Å²) >= 11 is 0. The molecule has 0 bridgehead atoms. The third-order valence-corrected chi connectivity index (χ3v) is 2.31. The Kier molecular flexibility index (Phi) is 24.9. The van der Waals surface area contributed by atoms with Gasteiger partial charge in [-0.05, 0) is 38.7 Å². The van der Waals surface area contributed by atoms with Crippen LogP contribution in [0, 0.1) is 6.92 Å². The number of halogens is 1. The summed E-state index contributed by atoms with van der Waals surface area (Å²) in [5.41, 5.74) is 2.72. The molecule has 20 heavy (non-hydrogen) atoms. The highest BCUT2D eigenvalue weighted by Gasteiger charge is 1.88. The molecule has 0 aliphatic rings. The number of hydrogen-bond donors (Lipinski definition) is 0. The monoisotopic (exact) mass is 300 g/mol. The van der Waals surface area contributed by atoms with E-state index in [1.807, 2.05) is 26.8 Å². The zero-order valence-electron chi connectivity index (χ0n) is 13.9. The van der Waals surface area contributed by atoms with Crippen LogP contribution in [-0.4, -0.2) is 13.2 Å². The minimum absolute atomic E-state index is 0. The fraction of sp³-hybridized carbons (Fsp3) is 0.556. The number of allylic oxidation sites excluding steroid dienone is 1. The van der Waals surface area contributed by atoms with Crippen LogP contribution in [-0.2, 0) is 11.2 Å². The van der Waals surface area contributed by atoms with Crippen molar-refractivity contribution >= 4 is 12.4 Å². The van der Waals surface area contributed by atoms with Crippen molar-refractivity contribution < 1.29 is 4.74 Å². The Balaban J connectivity index is -0.000000278. The van der Waals surface area contributed by atoms with Crippen LogP contribution in [0.2, 0.25) is 0 Å². The first kappa shape index (κ1) is 24.2. The second-order valence-corrected chi connectivity index (χ2v) is 4.01. The van der Waals surface area contributed by atoms with Crippen LogP contribution in [0.1, 0.15) is 51.7 Å². The molecule has 0 aliphatic carbocycles. The highest BCUT2D eigenvalue weighted by molar-refractivity contribution is 5.85. The smallest absolute Gasteiger partial charge is 0.0463 e. The summed E-state index contributed by atoms with van der Waals surface area (Å²) in [6, 6.07) is 8.66. The van der Waals surface area contributed by atoms with Gasteiger partial charge in [-0.2, -0.15) is 0 Å². The van der Waals surface area contributed by atoms with Gasteiger partial charge in [0.1, 0.15) is 0 Å². The molecule has 0 saturated heterocycles. The minimum Gasteiger partial charge on any atom is -0.382 e. The Morgan fingerprint density at radius 2 is 1.65 bits per heavy atom. The number of ether oxygens (including phenoxy) is 1. The summed E-state index contributed by atoms with van der Waals surface area (Å²) in [4.78, 5) is 0. The van der Waals surface area contributed by atoms with Gasteiger partial charge < -0.3 is 4.74 Å². The fourth-order valence-corrected chi connectivity index (χ4v) is 1.31. The molecule has 0 N–H and O–H groups in total. The van der Waals surface area contributed by atoms with E-state index in [2.05, 4.69) is 44.7 Å². The predicted molar refractivity (Wildman–Crippen MR) is 95.1 cm³/mol. The SMILES string of the molecule is C=CCCc1ccc(C)cc1.CC.CCCOCC.Cl. The number of aryl methyl sites for hydroxylation is 2. The number of hydrogen-bond acceptors (Lipinski definition) is 1. The van der Waals surface area contributed by atoms with E-state index in [-0.39, 0.29) is 12.4 Å². The highest BCUT2D eigenvalue weighted by atomic mass is 35.5. The molecular weight excluding hydrogens is 268 g/mol. The van der Waals surface area contributed by atoms with E-state index in [1.54, 1.807) is 0 Å². The molecule has 0 amide bonds. The van der Waals surface area contributed by atoms with Crippen molar-refractivity contribution in [3.8, 4) is 0 Å². The molecule has 0 heterocycles. The third-order valence-electron chi connectivity index (χ3n) is 2.31. The first-order valence-corrected chi connectivity index (χ1v) is 7.48. The average Bonchev–Trinajstić information content (AvgIpc) is 2.47. The Morgan fingerprint density at radius 1 is 1.10 bits per heavy atom. The topological polar surface area (TPSA) is 9.23 Å². The van der Waals surface area contributed by atoms with Gasteiger partial charge in [0.2, 0.25) is 0 Å². The van der Waals surface area contributed by atoms with Gasteiger partial charge in [-0.25, -0.2) is 0 Å². The lowest BCUT2D eigenvalue weighted by Gasteiger charge is -1.97. The summed E-state index contributed by atoms with van der Waals surface area (Å²) in [6.07, 6.45) is 5.28. The highest BCUT2D eigenvalue weighted by Crippen LogP contribution is 2.05. The molecule has 0 spiro atoms. The van der Waals surface area contributed by atoms with Crippen molar-refractivity contribution in [2.45, 2.75) is 53.9 Å². The molecule has 118 valence electrons. The Labute approximate surface area is 132 Å². The summed E-state index contributed by atoms with van der Waals surface area (Å²) in [5, 5.41) is 0. The molecule has 1 aromatic carbocycles. The molecule has 0 unspecified atom stereocenters. The summed E-state index contributed by atoms with van der Waals surface area (Å²) in [6.45, 7) is 15.7. The maximum Gasteiger partial charge on any atom is 0.0463 e. The maximum atomic E-state index is 4.98. The van der Waals surface area contributed by atoms with Gasteiger partial charge in [-0.1, -0.05) is 56.7 Å². The van der Waals surface area contributed by atoms with Crippen molar-refractivity contribution in [3.05, 3.63) is 48.0 Å². The Bertz CT molecular complexity index is 276. The van der Waals surface area contributed by atoms with Gasteiger partial charge >= 0.3 is 0 Å². The molecule has 0 aliphatic heterocycles. The Hall–Kier alpha value is -0.790. The second-order valence-electron chi connectivity index (χ2n) is 4.01. The van der Waals surface area contributed by atoms with Gasteiger partial charge in [-0.15, -0.1) is 19.0 Å². The van der Waals surface area contributed by atoms with E-state index >= 15 is 0 Å². The first-order chi connectivity index (χ1) is 9.24. The Morgan fingerprint density at radius 3 is 2.00 bits per heavy atom. The summed E-state index contributed by atoms with van der Waals surface area (Å²) in [7, 11) is 0. The lowest BCUT2D eigenvalue weighted by molar-refractivity contribution is 0.148. The molecule has 0 atom stereocenters. The van der Waals surface area contributed by atoms with Crippen LogP contribution >= 0.6 is 12.4 Å². The first-order valence-electron chi connectivity index (χ1n) is 7.48. The van der Waals surface area contributed by atoms with Crippen molar-refractivity contribution in [1.29, 1.82) is 0 Å². The molecule has 1 nitrogen and oxygen atoms in total. The lowest BCUT2D eigenvalue weighted by Crippen LogP contribution is -1.88. The summed E-state index contributed by atoms with van der Waals surface area (Å²) in [5.74, 6) is 0.